The van der Waals surface area contributed by atoms with Gasteiger partial charge in [0, 0.05) is 16.4 Å². The summed E-state index contributed by atoms with van der Waals surface area (Å²) in [5, 5.41) is 0.640. The van der Waals surface area contributed by atoms with Gasteiger partial charge in [-0.25, -0.2) is 0 Å². The quantitative estimate of drug-likeness (QED) is 0.668. The maximum absolute atomic E-state index is 11.9. The van der Waals surface area contributed by atoms with Gasteiger partial charge < -0.3 is 4.52 Å². The van der Waals surface area contributed by atoms with E-state index in [1.807, 2.05) is 6.07 Å². The van der Waals surface area contributed by atoms with E-state index in [1.54, 1.807) is 17.9 Å². The molecule has 1 aromatic carbocycles. The standard InChI is InChI=1S/C12H13Cl2O2P/c1-2-3-4-9-8-17(14,15)16-12-6-5-10(13)7-11(9)12/h5-8H,2-4H2,1H3. The lowest BCUT2D eigenvalue weighted by molar-refractivity contribution is 0.504. The smallest absolute Gasteiger partial charge is 0.359 e. The van der Waals surface area contributed by atoms with Crippen LogP contribution in [0.2, 0.25) is 5.02 Å². The van der Waals surface area contributed by atoms with E-state index in [9.17, 15) is 4.57 Å². The highest BCUT2D eigenvalue weighted by atomic mass is 35.7. The second-order valence-electron chi connectivity index (χ2n) is 4.01. The van der Waals surface area contributed by atoms with Crippen molar-refractivity contribution in [2.45, 2.75) is 26.2 Å². The van der Waals surface area contributed by atoms with E-state index >= 15 is 0 Å². The van der Waals surface area contributed by atoms with Gasteiger partial charge in [-0.1, -0.05) is 24.9 Å². The maximum atomic E-state index is 11.9. The van der Waals surface area contributed by atoms with Gasteiger partial charge in [-0.05, 0) is 47.9 Å². The van der Waals surface area contributed by atoms with Crippen molar-refractivity contribution in [2.24, 2.45) is 0 Å². The van der Waals surface area contributed by atoms with Gasteiger partial charge in [-0.2, -0.15) is 0 Å². The van der Waals surface area contributed by atoms with Gasteiger partial charge in [0.05, 0.1) is 0 Å². The third kappa shape index (κ3) is 3.07. The second kappa shape index (κ2) is 5.06. The monoisotopic (exact) mass is 290 g/mol. The van der Waals surface area contributed by atoms with Crippen LogP contribution in [0.4, 0.5) is 0 Å². The van der Waals surface area contributed by atoms with Crippen molar-refractivity contribution in [3.63, 3.8) is 0 Å². The van der Waals surface area contributed by atoms with Gasteiger partial charge in [0.15, 0.2) is 0 Å². The minimum absolute atomic E-state index is 0.557. The lowest BCUT2D eigenvalue weighted by Gasteiger charge is -2.21. The van der Waals surface area contributed by atoms with Crippen LogP contribution in [0, 0.1) is 0 Å². The van der Waals surface area contributed by atoms with E-state index in [2.05, 4.69) is 6.92 Å². The minimum atomic E-state index is -3.16. The molecule has 1 aliphatic heterocycles. The molecule has 0 bridgehead atoms. The molecule has 0 N–H and O–H groups in total. The highest BCUT2D eigenvalue weighted by Crippen LogP contribution is 2.60. The molecule has 1 atom stereocenters. The zero-order chi connectivity index (χ0) is 12.5. The first kappa shape index (κ1) is 13.0. The van der Waals surface area contributed by atoms with Gasteiger partial charge in [-0.15, -0.1) is 0 Å². The van der Waals surface area contributed by atoms with Crippen LogP contribution in [0.15, 0.2) is 24.0 Å². The Bertz CT molecular complexity index is 511. The van der Waals surface area contributed by atoms with Crippen LogP contribution in [0.25, 0.3) is 5.57 Å². The van der Waals surface area contributed by atoms with Crippen molar-refractivity contribution in [3.05, 3.63) is 34.6 Å². The Labute approximate surface area is 111 Å². The number of hydrogen-bond acceptors (Lipinski definition) is 2. The Morgan fingerprint density at radius 1 is 1.41 bits per heavy atom. The van der Waals surface area contributed by atoms with Crippen LogP contribution < -0.4 is 4.52 Å². The van der Waals surface area contributed by atoms with Gasteiger partial charge >= 0.3 is 6.72 Å². The minimum Gasteiger partial charge on any atom is -0.429 e. The number of allylic oxidation sites excluding steroid dienone is 1. The van der Waals surface area contributed by atoms with E-state index < -0.39 is 6.72 Å². The molecular formula is C12H13Cl2O2P. The number of benzene rings is 1. The lowest BCUT2D eigenvalue weighted by Crippen LogP contribution is -1.98. The fraction of sp³-hybridized carbons (Fsp3) is 0.333. The van der Waals surface area contributed by atoms with Crippen LogP contribution in [-0.2, 0) is 4.57 Å². The molecule has 0 aromatic heterocycles. The lowest BCUT2D eigenvalue weighted by atomic mass is 10.0. The van der Waals surface area contributed by atoms with E-state index in [0.29, 0.717) is 10.8 Å². The van der Waals surface area contributed by atoms with Gasteiger partial charge in [0.2, 0.25) is 0 Å². The number of rotatable bonds is 3. The molecule has 92 valence electrons. The molecule has 5 heteroatoms. The molecule has 17 heavy (non-hydrogen) atoms. The summed E-state index contributed by atoms with van der Waals surface area (Å²) in [6.45, 7) is -1.05. The van der Waals surface area contributed by atoms with Crippen molar-refractivity contribution < 1.29 is 9.09 Å². The normalized spacial score (nSPS) is 22.6. The topological polar surface area (TPSA) is 26.3 Å². The predicted octanol–water partition coefficient (Wildman–Crippen LogP) is 5.70. The van der Waals surface area contributed by atoms with Crippen LogP contribution in [0.5, 0.6) is 5.75 Å². The molecule has 0 fully saturated rings. The molecule has 0 radical (unpaired) electrons. The van der Waals surface area contributed by atoms with Crippen molar-refractivity contribution >= 4 is 35.1 Å². The summed E-state index contributed by atoms with van der Waals surface area (Å²) in [5.74, 6) is 2.10. The predicted molar refractivity (Wildman–Crippen MR) is 73.0 cm³/mol. The maximum Gasteiger partial charge on any atom is 0.359 e. The largest absolute Gasteiger partial charge is 0.429 e. The molecule has 1 aromatic rings. The molecule has 0 amide bonds. The van der Waals surface area contributed by atoms with Gasteiger partial charge in [0.25, 0.3) is 0 Å². The summed E-state index contributed by atoms with van der Waals surface area (Å²) < 4.78 is 17.2. The molecule has 1 unspecified atom stereocenters. The highest BCUT2D eigenvalue weighted by Gasteiger charge is 2.27. The first-order valence-electron chi connectivity index (χ1n) is 5.52. The van der Waals surface area contributed by atoms with Crippen LogP contribution in [0.1, 0.15) is 31.7 Å². The molecule has 2 rings (SSSR count). The molecule has 2 nitrogen and oxygen atoms in total. The number of halogens is 2. The molecule has 0 saturated heterocycles. The van der Waals surface area contributed by atoms with Crippen LogP contribution in [-0.4, -0.2) is 0 Å². The van der Waals surface area contributed by atoms with E-state index in [1.165, 1.54) is 0 Å². The number of hydrogen-bond donors (Lipinski definition) is 0. The molecule has 0 spiro atoms. The fourth-order valence-corrected chi connectivity index (χ4v) is 3.68. The van der Waals surface area contributed by atoms with Crippen LogP contribution in [0.3, 0.4) is 0 Å². The number of fused-ring (bicyclic) bond motifs is 1. The Morgan fingerprint density at radius 2 is 2.18 bits per heavy atom. The highest BCUT2D eigenvalue weighted by molar-refractivity contribution is 7.88. The third-order valence-corrected chi connectivity index (χ3v) is 4.42. The zero-order valence-corrected chi connectivity index (χ0v) is 11.9. The summed E-state index contributed by atoms with van der Waals surface area (Å²) in [5.41, 5.74) is 1.87. The van der Waals surface area contributed by atoms with Crippen molar-refractivity contribution in [2.75, 3.05) is 0 Å². The Balaban J connectivity index is 2.44. The number of unbranched alkanes of at least 4 members (excludes halogenated alkanes) is 1. The molecule has 1 aliphatic rings. The Hall–Kier alpha value is -0.430. The average Bonchev–Trinajstić information content (AvgIpc) is 2.26. The van der Waals surface area contributed by atoms with Crippen LogP contribution >= 0.6 is 29.6 Å². The van der Waals surface area contributed by atoms with Gasteiger partial charge in [0.1, 0.15) is 5.75 Å². The van der Waals surface area contributed by atoms with Gasteiger partial charge in [-0.3, -0.25) is 4.57 Å². The van der Waals surface area contributed by atoms with E-state index in [-0.39, 0.29) is 0 Å². The molecule has 1 heterocycles. The summed E-state index contributed by atoms with van der Waals surface area (Å²) in [6, 6.07) is 5.25. The summed E-state index contributed by atoms with van der Waals surface area (Å²) in [7, 11) is 0. The average molecular weight is 291 g/mol. The molecular weight excluding hydrogens is 278 g/mol. The molecule has 0 aliphatic carbocycles. The summed E-state index contributed by atoms with van der Waals surface area (Å²) in [4.78, 5) is 0. The third-order valence-electron chi connectivity index (χ3n) is 2.62. The van der Waals surface area contributed by atoms with Crippen molar-refractivity contribution in [1.29, 1.82) is 0 Å². The second-order valence-corrected chi connectivity index (χ2v) is 7.34. The summed E-state index contributed by atoms with van der Waals surface area (Å²) >= 11 is 11.8. The fourth-order valence-electron chi connectivity index (χ4n) is 1.82. The zero-order valence-electron chi connectivity index (χ0n) is 9.45. The first-order chi connectivity index (χ1) is 8.02. The van der Waals surface area contributed by atoms with Crippen molar-refractivity contribution in [3.8, 4) is 5.75 Å². The Kier molecular flexibility index (Phi) is 3.87. The summed E-state index contributed by atoms with van der Waals surface area (Å²) in [6.07, 6.45) is 2.93. The van der Waals surface area contributed by atoms with E-state index in [4.69, 9.17) is 27.4 Å². The van der Waals surface area contributed by atoms with Crippen molar-refractivity contribution in [1.82, 2.24) is 0 Å². The Morgan fingerprint density at radius 3 is 2.88 bits per heavy atom. The molecule has 0 saturated carbocycles. The SMILES string of the molecule is CCCCC1=CP(=O)(Cl)Oc2ccc(Cl)cc21. The van der Waals surface area contributed by atoms with E-state index in [0.717, 1.165) is 30.4 Å². The first-order valence-corrected chi connectivity index (χ1v) is 8.50.